The van der Waals surface area contributed by atoms with Crippen LogP contribution in [0, 0.1) is 0 Å². The number of rotatable bonds is 1. The fourth-order valence-electron chi connectivity index (χ4n) is 1.73. The molecule has 1 aromatic heterocycles. The Hall–Kier alpha value is -2.23. The number of anilines is 1. The highest BCUT2D eigenvalue weighted by atomic mass is 16.7. The summed E-state index contributed by atoms with van der Waals surface area (Å²) in [6.45, 7) is 0.282. The summed E-state index contributed by atoms with van der Waals surface area (Å²) in [4.78, 5) is 3.96. The SMILES string of the molecule is Nc1cnccc1-c1ccc2c(c1)OCO2. The van der Waals surface area contributed by atoms with Crippen molar-refractivity contribution in [1.29, 1.82) is 0 Å². The number of hydrogen-bond donors (Lipinski definition) is 1. The van der Waals surface area contributed by atoms with Gasteiger partial charge in [0, 0.05) is 11.8 Å². The highest BCUT2D eigenvalue weighted by Gasteiger charge is 2.14. The number of nitrogen functional groups attached to an aromatic ring is 1. The Morgan fingerprint density at radius 2 is 2.00 bits per heavy atom. The van der Waals surface area contributed by atoms with Crippen LogP contribution in [0.1, 0.15) is 0 Å². The maximum Gasteiger partial charge on any atom is 0.231 e. The fourth-order valence-corrected chi connectivity index (χ4v) is 1.73. The maximum absolute atomic E-state index is 5.86. The van der Waals surface area contributed by atoms with Crippen LogP contribution >= 0.6 is 0 Å². The molecule has 1 aromatic carbocycles. The maximum atomic E-state index is 5.86. The van der Waals surface area contributed by atoms with E-state index in [0.717, 1.165) is 22.6 Å². The predicted octanol–water partition coefficient (Wildman–Crippen LogP) is 2.06. The normalized spacial score (nSPS) is 12.8. The molecule has 16 heavy (non-hydrogen) atoms. The van der Waals surface area contributed by atoms with E-state index in [1.165, 1.54) is 0 Å². The first-order valence-electron chi connectivity index (χ1n) is 4.94. The molecule has 4 nitrogen and oxygen atoms in total. The van der Waals surface area contributed by atoms with Crippen molar-refractivity contribution in [2.24, 2.45) is 0 Å². The van der Waals surface area contributed by atoms with E-state index in [1.807, 2.05) is 24.3 Å². The van der Waals surface area contributed by atoms with Crippen LogP contribution in [0.25, 0.3) is 11.1 Å². The minimum atomic E-state index is 0.282. The molecule has 1 aliphatic heterocycles. The summed E-state index contributed by atoms with van der Waals surface area (Å²) in [5.41, 5.74) is 8.47. The molecule has 2 N–H and O–H groups in total. The average molecular weight is 214 g/mol. The Bertz CT molecular complexity index is 540. The number of pyridine rings is 1. The minimum Gasteiger partial charge on any atom is -0.454 e. The van der Waals surface area contributed by atoms with Crippen molar-refractivity contribution >= 4 is 5.69 Å². The molecule has 0 saturated heterocycles. The van der Waals surface area contributed by atoms with Gasteiger partial charge in [-0.1, -0.05) is 6.07 Å². The molecule has 4 heteroatoms. The average Bonchev–Trinajstić information content (AvgIpc) is 2.76. The van der Waals surface area contributed by atoms with E-state index in [4.69, 9.17) is 15.2 Å². The molecular formula is C12H10N2O2. The lowest BCUT2D eigenvalue weighted by Gasteiger charge is -2.05. The molecule has 3 rings (SSSR count). The van der Waals surface area contributed by atoms with Crippen molar-refractivity contribution < 1.29 is 9.47 Å². The summed E-state index contributed by atoms with van der Waals surface area (Å²) in [5, 5.41) is 0. The van der Waals surface area contributed by atoms with Gasteiger partial charge in [0.1, 0.15) is 0 Å². The van der Waals surface area contributed by atoms with Gasteiger partial charge in [0.2, 0.25) is 6.79 Å². The fraction of sp³-hybridized carbons (Fsp3) is 0.0833. The molecule has 2 heterocycles. The molecule has 1 aliphatic rings. The molecule has 0 unspecified atom stereocenters. The standard InChI is InChI=1S/C12H10N2O2/c13-10-6-14-4-3-9(10)8-1-2-11-12(5-8)16-7-15-11/h1-6H,7,13H2. The van der Waals surface area contributed by atoms with Gasteiger partial charge < -0.3 is 15.2 Å². The first kappa shape index (κ1) is 9.03. The summed E-state index contributed by atoms with van der Waals surface area (Å²) in [7, 11) is 0. The summed E-state index contributed by atoms with van der Waals surface area (Å²) in [6, 6.07) is 7.65. The minimum absolute atomic E-state index is 0.282. The largest absolute Gasteiger partial charge is 0.454 e. The van der Waals surface area contributed by atoms with E-state index < -0.39 is 0 Å². The first-order valence-corrected chi connectivity index (χ1v) is 4.94. The molecule has 0 aliphatic carbocycles. The van der Waals surface area contributed by atoms with Crippen LogP contribution in [0.4, 0.5) is 5.69 Å². The third-order valence-electron chi connectivity index (χ3n) is 2.54. The number of fused-ring (bicyclic) bond motifs is 1. The van der Waals surface area contributed by atoms with Gasteiger partial charge >= 0.3 is 0 Å². The Kier molecular flexibility index (Phi) is 1.93. The first-order chi connectivity index (χ1) is 7.84. The number of aromatic nitrogens is 1. The van der Waals surface area contributed by atoms with Gasteiger partial charge in [0.25, 0.3) is 0 Å². The number of nitrogens with two attached hydrogens (primary N) is 1. The van der Waals surface area contributed by atoms with Crippen molar-refractivity contribution in [1.82, 2.24) is 4.98 Å². The molecule has 80 valence electrons. The molecule has 2 aromatic rings. The molecule has 0 spiro atoms. The van der Waals surface area contributed by atoms with E-state index in [1.54, 1.807) is 12.4 Å². The lowest BCUT2D eigenvalue weighted by molar-refractivity contribution is 0.174. The Morgan fingerprint density at radius 3 is 2.88 bits per heavy atom. The topological polar surface area (TPSA) is 57.4 Å². The second kappa shape index (κ2) is 3.41. The van der Waals surface area contributed by atoms with Crippen LogP contribution in [0.5, 0.6) is 11.5 Å². The van der Waals surface area contributed by atoms with Crippen LogP contribution in [-0.2, 0) is 0 Å². The van der Waals surface area contributed by atoms with Crippen LogP contribution in [0.15, 0.2) is 36.7 Å². The number of benzene rings is 1. The predicted molar refractivity (Wildman–Crippen MR) is 60.2 cm³/mol. The van der Waals surface area contributed by atoms with Crippen LogP contribution in [-0.4, -0.2) is 11.8 Å². The van der Waals surface area contributed by atoms with Gasteiger partial charge in [-0.3, -0.25) is 4.98 Å². The number of ether oxygens (including phenoxy) is 2. The van der Waals surface area contributed by atoms with Crippen molar-refractivity contribution in [3.8, 4) is 22.6 Å². The van der Waals surface area contributed by atoms with E-state index in [2.05, 4.69) is 4.98 Å². The van der Waals surface area contributed by atoms with Crippen molar-refractivity contribution in [2.45, 2.75) is 0 Å². The van der Waals surface area contributed by atoms with Crippen molar-refractivity contribution in [2.75, 3.05) is 12.5 Å². The third kappa shape index (κ3) is 1.35. The van der Waals surface area contributed by atoms with Gasteiger partial charge in [-0.25, -0.2) is 0 Å². The molecule has 0 radical (unpaired) electrons. The number of nitrogens with zero attached hydrogens (tertiary/aromatic N) is 1. The highest BCUT2D eigenvalue weighted by molar-refractivity contribution is 5.77. The molecule has 0 atom stereocenters. The third-order valence-corrected chi connectivity index (χ3v) is 2.54. The van der Waals surface area contributed by atoms with E-state index in [0.29, 0.717) is 5.69 Å². The quantitative estimate of drug-likeness (QED) is 0.789. The van der Waals surface area contributed by atoms with Gasteiger partial charge in [-0.2, -0.15) is 0 Å². The molecular weight excluding hydrogens is 204 g/mol. The summed E-state index contributed by atoms with van der Waals surface area (Å²) >= 11 is 0. The Labute approximate surface area is 92.6 Å². The lowest BCUT2D eigenvalue weighted by atomic mass is 10.1. The Morgan fingerprint density at radius 1 is 1.12 bits per heavy atom. The van der Waals surface area contributed by atoms with Gasteiger partial charge in [0.15, 0.2) is 11.5 Å². The second-order valence-corrected chi connectivity index (χ2v) is 3.53. The van der Waals surface area contributed by atoms with Gasteiger partial charge in [-0.05, 0) is 23.8 Å². The number of hydrogen-bond acceptors (Lipinski definition) is 4. The second-order valence-electron chi connectivity index (χ2n) is 3.53. The zero-order chi connectivity index (χ0) is 11.0. The van der Waals surface area contributed by atoms with E-state index >= 15 is 0 Å². The summed E-state index contributed by atoms with van der Waals surface area (Å²) < 4.78 is 10.6. The van der Waals surface area contributed by atoms with Crippen LogP contribution < -0.4 is 15.2 Å². The Balaban J connectivity index is 2.11. The molecule has 0 amide bonds. The molecule has 0 bridgehead atoms. The van der Waals surface area contributed by atoms with Gasteiger partial charge in [-0.15, -0.1) is 0 Å². The smallest absolute Gasteiger partial charge is 0.231 e. The van der Waals surface area contributed by atoms with E-state index in [9.17, 15) is 0 Å². The van der Waals surface area contributed by atoms with E-state index in [-0.39, 0.29) is 6.79 Å². The summed E-state index contributed by atoms with van der Waals surface area (Å²) in [5.74, 6) is 1.53. The van der Waals surface area contributed by atoms with Crippen molar-refractivity contribution in [3.63, 3.8) is 0 Å². The molecule has 0 fully saturated rings. The van der Waals surface area contributed by atoms with Crippen molar-refractivity contribution in [3.05, 3.63) is 36.7 Å². The summed E-state index contributed by atoms with van der Waals surface area (Å²) in [6.07, 6.45) is 3.36. The zero-order valence-electron chi connectivity index (χ0n) is 8.51. The molecule has 0 saturated carbocycles. The zero-order valence-corrected chi connectivity index (χ0v) is 8.51. The van der Waals surface area contributed by atoms with Crippen LogP contribution in [0.3, 0.4) is 0 Å². The highest BCUT2D eigenvalue weighted by Crippen LogP contribution is 2.36. The lowest BCUT2D eigenvalue weighted by Crippen LogP contribution is -1.93. The monoisotopic (exact) mass is 214 g/mol. The van der Waals surface area contributed by atoms with Crippen LogP contribution in [0.2, 0.25) is 0 Å². The van der Waals surface area contributed by atoms with Gasteiger partial charge in [0.05, 0.1) is 11.9 Å².